The fourth-order valence-corrected chi connectivity index (χ4v) is 6.01. The molecule has 0 N–H and O–H groups in total. The van der Waals surface area contributed by atoms with E-state index in [-0.39, 0.29) is 5.56 Å². The Bertz CT molecular complexity index is 927. The molecule has 2 aliphatic heterocycles. The maximum Gasteiger partial charge on any atom is 0.250 e. The molecular weight excluding hydrogens is 348 g/mol. The van der Waals surface area contributed by atoms with Crippen LogP contribution in [0.4, 0.5) is 0 Å². The van der Waals surface area contributed by atoms with Gasteiger partial charge in [0.15, 0.2) is 0 Å². The summed E-state index contributed by atoms with van der Waals surface area (Å²) in [5.74, 6) is 1.04. The van der Waals surface area contributed by atoms with Crippen molar-refractivity contribution in [2.75, 3.05) is 13.1 Å². The zero-order valence-electron chi connectivity index (χ0n) is 13.9. The number of thiophene rings is 2. The predicted molar refractivity (Wildman–Crippen MR) is 104 cm³/mol. The van der Waals surface area contributed by atoms with Gasteiger partial charge in [-0.15, -0.1) is 22.7 Å². The van der Waals surface area contributed by atoms with E-state index in [2.05, 4.69) is 44.5 Å². The molecule has 0 aliphatic carbocycles. The monoisotopic (exact) mass is 368 g/mol. The summed E-state index contributed by atoms with van der Waals surface area (Å²) in [6, 6.07) is 12.4. The molecule has 3 nitrogen and oxygen atoms in total. The van der Waals surface area contributed by atoms with Crippen LogP contribution < -0.4 is 5.56 Å². The van der Waals surface area contributed by atoms with Gasteiger partial charge in [0.2, 0.25) is 0 Å². The third kappa shape index (κ3) is 2.80. The summed E-state index contributed by atoms with van der Waals surface area (Å²) in [5.41, 5.74) is 2.69. The van der Waals surface area contributed by atoms with Crippen LogP contribution in [0.5, 0.6) is 0 Å². The van der Waals surface area contributed by atoms with Crippen molar-refractivity contribution >= 4 is 22.7 Å². The zero-order chi connectivity index (χ0) is 16.8. The highest BCUT2D eigenvalue weighted by Gasteiger charge is 2.36. The van der Waals surface area contributed by atoms with Gasteiger partial charge in [-0.1, -0.05) is 12.1 Å². The smallest absolute Gasteiger partial charge is 0.250 e. The van der Waals surface area contributed by atoms with Crippen LogP contribution in [0.15, 0.2) is 52.0 Å². The van der Waals surface area contributed by atoms with Gasteiger partial charge in [-0.2, -0.15) is 0 Å². The molecule has 3 aromatic rings. The number of hydrogen-bond acceptors (Lipinski definition) is 4. The third-order valence-electron chi connectivity index (χ3n) is 5.41. The van der Waals surface area contributed by atoms with Crippen molar-refractivity contribution in [2.24, 2.45) is 5.92 Å². The van der Waals surface area contributed by atoms with Crippen LogP contribution in [-0.4, -0.2) is 22.6 Å². The lowest BCUT2D eigenvalue weighted by Crippen LogP contribution is -2.46. The van der Waals surface area contributed by atoms with Crippen LogP contribution in [0.1, 0.15) is 22.9 Å². The van der Waals surface area contributed by atoms with E-state index in [1.807, 2.05) is 17.4 Å². The molecule has 1 fully saturated rings. The number of aromatic nitrogens is 1. The molecule has 0 amide bonds. The Hall–Kier alpha value is -1.69. The zero-order valence-corrected chi connectivity index (χ0v) is 15.6. The van der Waals surface area contributed by atoms with Gasteiger partial charge in [0.25, 0.3) is 5.56 Å². The summed E-state index contributed by atoms with van der Waals surface area (Å²) in [7, 11) is 0. The molecule has 3 aromatic heterocycles. The number of rotatable bonds is 3. The number of likely N-dealkylation sites (tertiary alicyclic amines) is 1. The Morgan fingerprint density at radius 1 is 1.00 bits per heavy atom. The van der Waals surface area contributed by atoms with Gasteiger partial charge in [-0.3, -0.25) is 9.69 Å². The third-order valence-corrected chi connectivity index (χ3v) is 7.18. The molecule has 5 heterocycles. The van der Waals surface area contributed by atoms with Crippen LogP contribution in [0.25, 0.3) is 10.4 Å². The predicted octanol–water partition coefficient (Wildman–Crippen LogP) is 4.26. The quantitative estimate of drug-likeness (QED) is 0.690. The molecular formula is C20H20N2OS2. The Balaban J connectivity index is 1.53. The summed E-state index contributed by atoms with van der Waals surface area (Å²) in [6.07, 6.45) is 1.21. The van der Waals surface area contributed by atoms with Crippen LogP contribution in [0.3, 0.4) is 0 Å². The highest BCUT2D eigenvalue weighted by molar-refractivity contribution is 7.13. The van der Waals surface area contributed by atoms with Crippen LogP contribution in [0.2, 0.25) is 0 Å². The molecule has 5 heteroatoms. The highest BCUT2D eigenvalue weighted by atomic mass is 32.1. The second-order valence-electron chi connectivity index (χ2n) is 7.13. The Morgan fingerprint density at radius 2 is 1.88 bits per heavy atom. The second-order valence-corrected chi connectivity index (χ2v) is 9.11. The first-order valence-electron chi connectivity index (χ1n) is 8.80. The molecule has 2 bridgehead atoms. The molecule has 1 saturated heterocycles. The van der Waals surface area contributed by atoms with E-state index in [1.54, 1.807) is 17.4 Å². The fourth-order valence-electron chi connectivity index (χ4n) is 4.51. The van der Waals surface area contributed by atoms with Gasteiger partial charge in [0.1, 0.15) is 0 Å². The normalized spacial score (nSPS) is 22.7. The molecule has 0 aromatic carbocycles. The summed E-state index contributed by atoms with van der Waals surface area (Å²) < 4.78 is 2.07. The average molecular weight is 369 g/mol. The molecule has 25 heavy (non-hydrogen) atoms. The van der Waals surface area contributed by atoms with E-state index in [4.69, 9.17) is 0 Å². The van der Waals surface area contributed by atoms with Crippen molar-refractivity contribution in [1.29, 1.82) is 0 Å². The van der Waals surface area contributed by atoms with Crippen molar-refractivity contribution in [1.82, 2.24) is 9.47 Å². The van der Waals surface area contributed by atoms with E-state index in [0.717, 1.165) is 26.2 Å². The van der Waals surface area contributed by atoms with Crippen LogP contribution in [-0.2, 0) is 13.1 Å². The minimum absolute atomic E-state index is 0.164. The summed E-state index contributed by atoms with van der Waals surface area (Å²) in [4.78, 5) is 17.8. The number of pyridine rings is 1. The van der Waals surface area contributed by atoms with Gasteiger partial charge in [-0.05, 0) is 41.3 Å². The number of fused-ring (bicyclic) bond motifs is 4. The molecule has 5 rings (SSSR count). The topological polar surface area (TPSA) is 25.2 Å². The molecule has 0 saturated carbocycles. The van der Waals surface area contributed by atoms with Crippen molar-refractivity contribution in [3.8, 4) is 10.4 Å². The van der Waals surface area contributed by atoms with E-state index in [1.165, 1.54) is 27.4 Å². The lowest BCUT2D eigenvalue weighted by atomic mass is 9.81. The van der Waals surface area contributed by atoms with Gasteiger partial charge >= 0.3 is 0 Å². The van der Waals surface area contributed by atoms with Crippen molar-refractivity contribution < 1.29 is 0 Å². The minimum atomic E-state index is 0.164. The minimum Gasteiger partial charge on any atom is -0.311 e. The van der Waals surface area contributed by atoms with E-state index >= 15 is 0 Å². The van der Waals surface area contributed by atoms with Gasteiger partial charge < -0.3 is 4.57 Å². The maximum absolute atomic E-state index is 12.5. The van der Waals surface area contributed by atoms with E-state index in [0.29, 0.717) is 11.8 Å². The number of piperidine rings is 1. The van der Waals surface area contributed by atoms with Crippen molar-refractivity contribution in [3.63, 3.8) is 0 Å². The van der Waals surface area contributed by atoms with Gasteiger partial charge in [0, 0.05) is 59.2 Å². The average Bonchev–Trinajstić information content (AvgIpc) is 3.29. The summed E-state index contributed by atoms with van der Waals surface area (Å²) in [6.45, 7) is 4.06. The number of nitrogens with zero attached hydrogens (tertiary/aromatic N) is 2. The lowest BCUT2D eigenvalue weighted by molar-refractivity contribution is 0.115. The molecule has 2 unspecified atom stereocenters. The summed E-state index contributed by atoms with van der Waals surface area (Å²) in [5, 5.41) is 4.27. The number of hydrogen-bond donors (Lipinski definition) is 0. The molecule has 2 aliphatic rings. The maximum atomic E-state index is 12.5. The first-order chi connectivity index (χ1) is 12.3. The first-order valence-corrected chi connectivity index (χ1v) is 10.6. The Morgan fingerprint density at radius 3 is 2.68 bits per heavy atom. The van der Waals surface area contributed by atoms with E-state index in [9.17, 15) is 4.79 Å². The molecule has 2 atom stereocenters. The van der Waals surface area contributed by atoms with E-state index < -0.39 is 0 Å². The SMILES string of the molecule is O=c1ccc(-c2cccs2)c2n1CC1CC2CN(Cc2cccs2)C1. The van der Waals surface area contributed by atoms with Crippen molar-refractivity contribution in [2.45, 2.75) is 25.4 Å². The summed E-state index contributed by atoms with van der Waals surface area (Å²) >= 11 is 3.60. The van der Waals surface area contributed by atoms with Crippen molar-refractivity contribution in [3.05, 3.63) is 68.1 Å². The Labute approximate surface area is 155 Å². The second kappa shape index (κ2) is 6.24. The standard InChI is InChI=1S/C20H20N2OS2/c23-19-6-5-17(18-4-2-8-25-18)20-15-9-14(11-22(19)20)10-21(12-15)13-16-3-1-7-24-16/h1-8,14-15H,9-13H2. The largest absolute Gasteiger partial charge is 0.311 e. The molecule has 0 spiro atoms. The van der Waals surface area contributed by atoms with Gasteiger partial charge in [-0.25, -0.2) is 0 Å². The first kappa shape index (κ1) is 15.6. The molecule has 0 radical (unpaired) electrons. The Kier molecular flexibility index (Phi) is 3.88. The highest BCUT2D eigenvalue weighted by Crippen LogP contribution is 2.41. The van der Waals surface area contributed by atoms with Crippen LogP contribution >= 0.6 is 22.7 Å². The fraction of sp³-hybridized carbons (Fsp3) is 0.350. The molecule has 128 valence electrons. The van der Waals surface area contributed by atoms with Gasteiger partial charge in [0.05, 0.1) is 0 Å². The van der Waals surface area contributed by atoms with Crippen LogP contribution in [0, 0.1) is 5.92 Å². The lowest BCUT2D eigenvalue weighted by Gasteiger charge is -2.43.